The SMILES string of the molecule is COc1nc(N)nc(-c2cccc(C3CCC3)c2)n1. The number of hydrogen-bond acceptors (Lipinski definition) is 5. The standard InChI is InChI=1S/C14H16N4O/c1-19-14-17-12(16-13(15)18-14)11-7-3-6-10(8-11)9-4-2-5-9/h3,6-9H,2,4-5H2,1H3,(H2,15,16,17,18). The normalized spacial score (nSPS) is 15.0. The van der Waals surface area contributed by atoms with Gasteiger partial charge in [-0.3, -0.25) is 0 Å². The van der Waals surface area contributed by atoms with Gasteiger partial charge in [-0.15, -0.1) is 0 Å². The van der Waals surface area contributed by atoms with Crippen molar-refractivity contribution in [2.45, 2.75) is 25.2 Å². The fourth-order valence-electron chi connectivity index (χ4n) is 2.27. The number of hydrogen-bond donors (Lipinski definition) is 1. The van der Waals surface area contributed by atoms with Gasteiger partial charge in [0.15, 0.2) is 5.82 Å². The molecule has 2 aromatic rings. The van der Waals surface area contributed by atoms with E-state index in [0.717, 1.165) is 5.56 Å². The Morgan fingerprint density at radius 2 is 2.05 bits per heavy atom. The first-order valence-electron chi connectivity index (χ1n) is 6.42. The van der Waals surface area contributed by atoms with Crippen LogP contribution >= 0.6 is 0 Å². The van der Waals surface area contributed by atoms with E-state index in [4.69, 9.17) is 10.5 Å². The minimum atomic E-state index is 0.177. The Hall–Kier alpha value is -2.17. The van der Waals surface area contributed by atoms with E-state index >= 15 is 0 Å². The van der Waals surface area contributed by atoms with Crippen LogP contribution in [0, 0.1) is 0 Å². The molecule has 1 heterocycles. The van der Waals surface area contributed by atoms with Crippen molar-refractivity contribution in [3.8, 4) is 17.4 Å². The highest BCUT2D eigenvalue weighted by atomic mass is 16.5. The summed E-state index contributed by atoms with van der Waals surface area (Å²) >= 11 is 0. The van der Waals surface area contributed by atoms with Gasteiger partial charge < -0.3 is 10.5 Å². The predicted molar refractivity (Wildman–Crippen MR) is 72.8 cm³/mol. The zero-order chi connectivity index (χ0) is 13.2. The molecule has 1 aliphatic carbocycles. The van der Waals surface area contributed by atoms with Gasteiger partial charge in [0.1, 0.15) is 0 Å². The fourth-order valence-corrected chi connectivity index (χ4v) is 2.27. The Morgan fingerprint density at radius 1 is 1.21 bits per heavy atom. The summed E-state index contributed by atoms with van der Waals surface area (Å²) in [7, 11) is 1.52. The molecule has 0 spiro atoms. The van der Waals surface area contributed by atoms with Gasteiger partial charge in [-0.2, -0.15) is 15.0 Å². The van der Waals surface area contributed by atoms with Crippen LogP contribution in [-0.4, -0.2) is 22.1 Å². The number of nitrogen functional groups attached to an aromatic ring is 1. The molecule has 1 aromatic heterocycles. The predicted octanol–water partition coefficient (Wildman–Crippen LogP) is 2.40. The van der Waals surface area contributed by atoms with E-state index in [2.05, 4.69) is 27.1 Å². The quantitative estimate of drug-likeness (QED) is 0.912. The maximum Gasteiger partial charge on any atom is 0.321 e. The molecule has 0 unspecified atom stereocenters. The third-order valence-corrected chi connectivity index (χ3v) is 3.54. The topological polar surface area (TPSA) is 73.9 Å². The molecular weight excluding hydrogens is 240 g/mol. The van der Waals surface area contributed by atoms with Crippen LogP contribution in [0.2, 0.25) is 0 Å². The van der Waals surface area contributed by atoms with Gasteiger partial charge in [0.25, 0.3) is 0 Å². The first-order chi connectivity index (χ1) is 9.26. The summed E-state index contributed by atoms with van der Waals surface area (Å²) < 4.78 is 5.02. The van der Waals surface area contributed by atoms with E-state index in [-0.39, 0.29) is 12.0 Å². The van der Waals surface area contributed by atoms with Crippen LogP contribution in [0.3, 0.4) is 0 Å². The summed E-state index contributed by atoms with van der Waals surface area (Å²) in [5.74, 6) is 1.42. The highest BCUT2D eigenvalue weighted by molar-refractivity contribution is 5.57. The number of ether oxygens (including phenoxy) is 1. The molecule has 1 fully saturated rings. The highest BCUT2D eigenvalue weighted by Gasteiger charge is 2.20. The second-order valence-corrected chi connectivity index (χ2v) is 4.76. The third kappa shape index (κ3) is 2.36. The van der Waals surface area contributed by atoms with Crippen LogP contribution in [-0.2, 0) is 0 Å². The third-order valence-electron chi connectivity index (χ3n) is 3.54. The van der Waals surface area contributed by atoms with Gasteiger partial charge in [0.2, 0.25) is 5.95 Å². The molecule has 1 aliphatic rings. The van der Waals surface area contributed by atoms with Crippen molar-refractivity contribution >= 4 is 5.95 Å². The minimum Gasteiger partial charge on any atom is -0.467 e. The Morgan fingerprint density at radius 3 is 2.74 bits per heavy atom. The van der Waals surface area contributed by atoms with Crippen molar-refractivity contribution in [2.24, 2.45) is 0 Å². The lowest BCUT2D eigenvalue weighted by Gasteiger charge is -2.26. The minimum absolute atomic E-state index is 0.177. The first kappa shape index (κ1) is 11.9. The zero-order valence-corrected chi connectivity index (χ0v) is 10.8. The highest BCUT2D eigenvalue weighted by Crippen LogP contribution is 2.37. The van der Waals surface area contributed by atoms with E-state index in [9.17, 15) is 0 Å². The lowest BCUT2D eigenvalue weighted by molar-refractivity contribution is 0.379. The molecule has 19 heavy (non-hydrogen) atoms. The van der Waals surface area contributed by atoms with Gasteiger partial charge in [-0.05, 0) is 30.4 Å². The molecule has 0 bridgehead atoms. The molecule has 5 heteroatoms. The molecule has 0 aliphatic heterocycles. The second kappa shape index (κ2) is 4.84. The molecule has 5 nitrogen and oxygen atoms in total. The number of methoxy groups -OCH3 is 1. The number of rotatable bonds is 3. The summed E-state index contributed by atoms with van der Waals surface area (Å²) in [4.78, 5) is 12.3. The van der Waals surface area contributed by atoms with Crippen LogP contribution in [0.5, 0.6) is 6.01 Å². The van der Waals surface area contributed by atoms with E-state index in [1.807, 2.05) is 12.1 Å². The molecule has 0 atom stereocenters. The van der Waals surface area contributed by atoms with Crippen molar-refractivity contribution < 1.29 is 4.74 Å². The summed E-state index contributed by atoms with van der Waals surface area (Å²) in [6, 6.07) is 8.57. The molecule has 1 aromatic carbocycles. The zero-order valence-electron chi connectivity index (χ0n) is 10.8. The lowest BCUT2D eigenvalue weighted by Crippen LogP contribution is -2.08. The van der Waals surface area contributed by atoms with Crippen molar-refractivity contribution in [1.29, 1.82) is 0 Å². The van der Waals surface area contributed by atoms with E-state index in [1.54, 1.807) is 0 Å². The van der Waals surface area contributed by atoms with Crippen LogP contribution in [0.25, 0.3) is 11.4 Å². The summed E-state index contributed by atoms with van der Waals surface area (Å²) in [6.07, 6.45) is 3.86. The molecule has 0 radical (unpaired) electrons. The van der Waals surface area contributed by atoms with Crippen molar-refractivity contribution in [2.75, 3.05) is 12.8 Å². The Kier molecular flexibility index (Phi) is 3.03. The maximum atomic E-state index is 5.67. The van der Waals surface area contributed by atoms with Crippen LogP contribution in [0.15, 0.2) is 24.3 Å². The summed E-state index contributed by atoms with van der Waals surface area (Å²) in [6.45, 7) is 0. The second-order valence-electron chi connectivity index (χ2n) is 4.76. The summed E-state index contributed by atoms with van der Waals surface area (Å²) in [5.41, 5.74) is 7.97. The summed E-state index contributed by atoms with van der Waals surface area (Å²) in [5, 5.41) is 0. The Labute approximate surface area is 111 Å². The van der Waals surface area contributed by atoms with Gasteiger partial charge in [-0.1, -0.05) is 24.6 Å². The molecular formula is C14H16N4O. The van der Waals surface area contributed by atoms with Gasteiger partial charge >= 0.3 is 6.01 Å². The average molecular weight is 256 g/mol. The molecule has 3 rings (SSSR count). The van der Waals surface area contributed by atoms with Gasteiger partial charge in [-0.25, -0.2) is 0 Å². The fraction of sp³-hybridized carbons (Fsp3) is 0.357. The monoisotopic (exact) mass is 256 g/mol. The van der Waals surface area contributed by atoms with Crippen molar-refractivity contribution in [3.05, 3.63) is 29.8 Å². The van der Waals surface area contributed by atoms with Crippen molar-refractivity contribution in [3.63, 3.8) is 0 Å². The number of aromatic nitrogens is 3. The molecule has 2 N–H and O–H groups in total. The molecule has 0 amide bonds. The van der Waals surface area contributed by atoms with Crippen LogP contribution in [0.4, 0.5) is 5.95 Å². The number of nitrogens with two attached hydrogens (primary N) is 1. The van der Waals surface area contributed by atoms with E-state index in [1.165, 1.54) is 31.9 Å². The Balaban J connectivity index is 1.98. The first-order valence-corrected chi connectivity index (χ1v) is 6.42. The largest absolute Gasteiger partial charge is 0.467 e. The number of benzene rings is 1. The number of anilines is 1. The van der Waals surface area contributed by atoms with Gasteiger partial charge in [0.05, 0.1) is 7.11 Å². The average Bonchev–Trinajstić information content (AvgIpc) is 2.36. The maximum absolute atomic E-state index is 5.67. The number of nitrogens with zero attached hydrogens (tertiary/aromatic N) is 3. The molecule has 98 valence electrons. The lowest BCUT2D eigenvalue weighted by atomic mass is 9.80. The molecule has 0 saturated heterocycles. The van der Waals surface area contributed by atoms with Crippen LogP contribution < -0.4 is 10.5 Å². The van der Waals surface area contributed by atoms with Crippen molar-refractivity contribution in [1.82, 2.24) is 15.0 Å². The molecule has 1 saturated carbocycles. The van der Waals surface area contributed by atoms with Gasteiger partial charge in [0, 0.05) is 5.56 Å². The van der Waals surface area contributed by atoms with Crippen LogP contribution in [0.1, 0.15) is 30.7 Å². The van der Waals surface area contributed by atoms with E-state index < -0.39 is 0 Å². The Bertz CT molecular complexity index is 596. The smallest absolute Gasteiger partial charge is 0.321 e. The van der Waals surface area contributed by atoms with E-state index in [0.29, 0.717) is 11.7 Å².